The van der Waals surface area contributed by atoms with E-state index in [9.17, 15) is 4.79 Å². The molecule has 0 rings (SSSR count). The third-order valence-electron chi connectivity index (χ3n) is 3.93. The van der Waals surface area contributed by atoms with Crippen LogP contribution in [-0.2, 0) is 4.79 Å². The highest BCUT2D eigenvalue weighted by Gasteiger charge is 2.09. The molecule has 0 aliphatic carbocycles. The van der Waals surface area contributed by atoms with Gasteiger partial charge in [-0.05, 0) is 18.8 Å². The Hall–Kier alpha value is -0.330. The van der Waals surface area contributed by atoms with E-state index >= 15 is 0 Å². The molecule has 0 aromatic carbocycles. The number of hydrogen-bond donors (Lipinski definition) is 0. The van der Waals surface area contributed by atoms with E-state index in [1.165, 1.54) is 51.4 Å². The molecule has 0 N–H and O–H groups in total. The van der Waals surface area contributed by atoms with Gasteiger partial charge in [0.1, 0.15) is 5.78 Å². The third kappa shape index (κ3) is 10.8. The summed E-state index contributed by atoms with van der Waals surface area (Å²) in [5, 5.41) is 0. The summed E-state index contributed by atoms with van der Waals surface area (Å²) in [7, 11) is 0. The highest BCUT2D eigenvalue weighted by Crippen LogP contribution is 2.19. The zero-order chi connectivity index (χ0) is 13.6. The first kappa shape index (κ1) is 17.7. The summed E-state index contributed by atoms with van der Waals surface area (Å²) in [6.07, 6.45) is 14.2. The van der Waals surface area contributed by atoms with Crippen molar-refractivity contribution in [2.75, 3.05) is 0 Å². The first-order valence-corrected chi connectivity index (χ1v) is 8.26. The maximum atomic E-state index is 11.8. The summed E-state index contributed by atoms with van der Waals surface area (Å²) in [5.41, 5.74) is 0. The average Bonchev–Trinajstić information content (AvgIpc) is 2.39. The van der Waals surface area contributed by atoms with Crippen molar-refractivity contribution in [2.24, 2.45) is 5.92 Å². The van der Waals surface area contributed by atoms with E-state index in [4.69, 9.17) is 0 Å². The van der Waals surface area contributed by atoms with Crippen molar-refractivity contribution in [3.8, 4) is 0 Å². The second-order valence-corrected chi connectivity index (χ2v) is 5.66. The maximum absolute atomic E-state index is 11.8. The van der Waals surface area contributed by atoms with Gasteiger partial charge in [-0.1, -0.05) is 72.1 Å². The van der Waals surface area contributed by atoms with Crippen molar-refractivity contribution in [2.45, 2.75) is 97.8 Å². The highest BCUT2D eigenvalue weighted by atomic mass is 16.1. The summed E-state index contributed by atoms with van der Waals surface area (Å²) < 4.78 is 0. The number of Topliss-reactive ketones (excluding diaryl/α,β-unsaturated/α-hetero) is 1. The molecule has 0 fully saturated rings. The minimum Gasteiger partial charge on any atom is -0.300 e. The van der Waals surface area contributed by atoms with Crippen molar-refractivity contribution in [1.82, 2.24) is 0 Å². The molecule has 0 radical (unpaired) electrons. The molecule has 0 aromatic heterocycles. The fourth-order valence-corrected chi connectivity index (χ4v) is 2.46. The van der Waals surface area contributed by atoms with E-state index in [0.717, 1.165) is 31.6 Å². The van der Waals surface area contributed by atoms with Gasteiger partial charge in [-0.2, -0.15) is 0 Å². The molecule has 0 aromatic rings. The van der Waals surface area contributed by atoms with Gasteiger partial charge in [0.05, 0.1) is 0 Å². The van der Waals surface area contributed by atoms with Gasteiger partial charge in [0, 0.05) is 12.8 Å². The Morgan fingerprint density at radius 3 is 2.06 bits per heavy atom. The van der Waals surface area contributed by atoms with E-state index in [-0.39, 0.29) is 0 Å². The van der Waals surface area contributed by atoms with Crippen LogP contribution < -0.4 is 0 Å². The molecule has 0 amide bonds. The van der Waals surface area contributed by atoms with Crippen LogP contribution in [0.5, 0.6) is 0 Å². The Bertz CT molecular complexity index is 186. The van der Waals surface area contributed by atoms with Crippen LogP contribution in [0.1, 0.15) is 97.8 Å². The molecule has 18 heavy (non-hydrogen) atoms. The first-order valence-electron chi connectivity index (χ1n) is 8.26. The van der Waals surface area contributed by atoms with E-state index in [1.807, 2.05) is 0 Å². The number of unbranched alkanes of at least 4 members (excludes halogenated alkanes) is 5. The lowest BCUT2D eigenvalue weighted by Gasteiger charge is -2.13. The SMILES string of the molecule is CCCCCCCC(=O)CCC(CC)CCCC. The van der Waals surface area contributed by atoms with Crippen LogP contribution >= 0.6 is 0 Å². The Labute approximate surface area is 115 Å². The summed E-state index contributed by atoms with van der Waals surface area (Å²) in [4.78, 5) is 11.8. The van der Waals surface area contributed by atoms with E-state index in [0.29, 0.717) is 5.78 Å². The zero-order valence-electron chi connectivity index (χ0n) is 13.0. The molecule has 0 heterocycles. The molecule has 1 nitrogen and oxygen atoms in total. The fraction of sp³-hybridized carbons (Fsp3) is 0.941. The second-order valence-electron chi connectivity index (χ2n) is 5.66. The second kappa shape index (κ2) is 13.1. The average molecular weight is 254 g/mol. The molecule has 1 heteroatoms. The van der Waals surface area contributed by atoms with Crippen molar-refractivity contribution in [3.05, 3.63) is 0 Å². The predicted octanol–water partition coefficient (Wildman–Crippen LogP) is 5.91. The quantitative estimate of drug-likeness (QED) is 0.373. The standard InChI is InChI=1S/C17H34O/c1-4-7-9-10-11-13-17(18)15-14-16(6-3)12-8-5-2/h16H,4-15H2,1-3H3. The summed E-state index contributed by atoms with van der Waals surface area (Å²) in [6.45, 7) is 6.73. The van der Waals surface area contributed by atoms with Gasteiger partial charge in [-0.15, -0.1) is 0 Å². The van der Waals surface area contributed by atoms with Crippen LogP contribution in [0.25, 0.3) is 0 Å². The van der Waals surface area contributed by atoms with E-state index < -0.39 is 0 Å². The molecule has 0 spiro atoms. The van der Waals surface area contributed by atoms with Gasteiger partial charge in [0.15, 0.2) is 0 Å². The minimum absolute atomic E-state index is 0.501. The predicted molar refractivity (Wildman–Crippen MR) is 80.9 cm³/mol. The highest BCUT2D eigenvalue weighted by molar-refractivity contribution is 5.78. The van der Waals surface area contributed by atoms with Crippen LogP contribution in [0.4, 0.5) is 0 Å². The molecule has 0 saturated heterocycles. The van der Waals surface area contributed by atoms with Crippen molar-refractivity contribution >= 4 is 5.78 Å². The van der Waals surface area contributed by atoms with Gasteiger partial charge in [0.25, 0.3) is 0 Å². The number of ketones is 1. The molecule has 0 saturated carbocycles. The van der Waals surface area contributed by atoms with Crippen molar-refractivity contribution in [1.29, 1.82) is 0 Å². The van der Waals surface area contributed by atoms with Crippen LogP contribution in [0.3, 0.4) is 0 Å². The molecule has 1 atom stereocenters. The van der Waals surface area contributed by atoms with Crippen molar-refractivity contribution < 1.29 is 4.79 Å². The van der Waals surface area contributed by atoms with Crippen LogP contribution in [0, 0.1) is 5.92 Å². The maximum Gasteiger partial charge on any atom is 0.132 e. The van der Waals surface area contributed by atoms with E-state index in [2.05, 4.69) is 20.8 Å². The third-order valence-corrected chi connectivity index (χ3v) is 3.93. The monoisotopic (exact) mass is 254 g/mol. The fourth-order valence-electron chi connectivity index (χ4n) is 2.46. The van der Waals surface area contributed by atoms with Gasteiger partial charge >= 0.3 is 0 Å². The molecule has 0 aliphatic heterocycles. The van der Waals surface area contributed by atoms with Crippen LogP contribution in [0.2, 0.25) is 0 Å². The molecule has 1 unspecified atom stereocenters. The number of rotatable bonds is 13. The first-order chi connectivity index (χ1) is 8.74. The van der Waals surface area contributed by atoms with E-state index in [1.54, 1.807) is 0 Å². The number of carbonyl (C=O) groups is 1. The summed E-state index contributed by atoms with van der Waals surface area (Å²) in [6, 6.07) is 0. The molecule has 0 bridgehead atoms. The number of hydrogen-bond acceptors (Lipinski definition) is 1. The minimum atomic E-state index is 0.501. The Morgan fingerprint density at radius 2 is 1.44 bits per heavy atom. The van der Waals surface area contributed by atoms with Crippen LogP contribution in [-0.4, -0.2) is 5.78 Å². The molecule has 0 aliphatic rings. The molecule has 108 valence electrons. The Balaban J connectivity index is 3.49. The molecular weight excluding hydrogens is 220 g/mol. The Morgan fingerprint density at radius 1 is 0.778 bits per heavy atom. The van der Waals surface area contributed by atoms with Crippen LogP contribution in [0.15, 0.2) is 0 Å². The Kier molecular flexibility index (Phi) is 12.9. The lowest BCUT2D eigenvalue weighted by atomic mass is 9.92. The summed E-state index contributed by atoms with van der Waals surface area (Å²) in [5.74, 6) is 1.29. The van der Waals surface area contributed by atoms with Gasteiger partial charge in [-0.3, -0.25) is 4.79 Å². The van der Waals surface area contributed by atoms with Gasteiger partial charge < -0.3 is 0 Å². The van der Waals surface area contributed by atoms with Gasteiger partial charge in [0.2, 0.25) is 0 Å². The topological polar surface area (TPSA) is 17.1 Å². The normalized spacial score (nSPS) is 12.6. The smallest absolute Gasteiger partial charge is 0.132 e. The van der Waals surface area contributed by atoms with Crippen molar-refractivity contribution in [3.63, 3.8) is 0 Å². The largest absolute Gasteiger partial charge is 0.300 e. The number of carbonyl (C=O) groups excluding carboxylic acids is 1. The summed E-state index contributed by atoms with van der Waals surface area (Å²) >= 11 is 0. The zero-order valence-corrected chi connectivity index (χ0v) is 13.0. The lowest BCUT2D eigenvalue weighted by Crippen LogP contribution is -2.04. The molecular formula is C17H34O. The van der Waals surface area contributed by atoms with Gasteiger partial charge in [-0.25, -0.2) is 0 Å². The lowest BCUT2D eigenvalue weighted by molar-refractivity contribution is -0.119.